The molecule has 4 rings (SSSR count). The van der Waals surface area contributed by atoms with Crippen LogP contribution in [-0.4, -0.2) is 22.1 Å². The zero-order chi connectivity index (χ0) is 15.7. The Balaban J connectivity index is 1.71. The van der Waals surface area contributed by atoms with Crippen LogP contribution < -0.4 is 0 Å². The molecule has 0 spiro atoms. The Morgan fingerprint density at radius 1 is 1.18 bits per heavy atom. The lowest BCUT2D eigenvalue weighted by atomic mass is 9.46. The van der Waals surface area contributed by atoms with E-state index in [1.165, 1.54) is 12.5 Å². The smallest absolute Gasteiger partial charge is 0.159 e. The van der Waals surface area contributed by atoms with E-state index >= 15 is 0 Å². The molecule has 22 heavy (non-hydrogen) atoms. The Morgan fingerprint density at radius 2 is 1.95 bits per heavy atom. The number of rotatable bonds is 0. The van der Waals surface area contributed by atoms with Crippen molar-refractivity contribution >= 4 is 5.78 Å². The monoisotopic (exact) mass is 304 g/mol. The number of ketones is 1. The summed E-state index contributed by atoms with van der Waals surface area (Å²) < 4.78 is 0. The molecular formula is C19H28O3. The van der Waals surface area contributed by atoms with Gasteiger partial charge in [-0.25, -0.2) is 0 Å². The summed E-state index contributed by atoms with van der Waals surface area (Å²) >= 11 is 0. The van der Waals surface area contributed by atoms with Gasteiger partial charge in [-0.3, -0.25) is 4.79 Å². The highest BCUT2D eigenvalue weighted by Crippen LogP contribution is 2.66. The van der Waals surface area contributed by atoms with Crippen molar-refractivity contribution in [3.63, 3.8) is 0 Å². The minimum atomic E-state index is -0.217. The van der Waals surface area contributed by atoms with Gasteiger partial charge in [0.2, 0.25) is 0 Å². The van der Waals surface area contributed by atoms with E-state index < -0.39 is 0 Å². The number of fused-ring (bicyclic) bond motifs is 5. The molecule has 0 bridgehead atoms. The van der Waals surface area contributed by atoms with Gasteiger partial charge in [-0.1, -0.05) is 13.8 Å². The van der Waals surface area contributed by atoms with Crippen LogP contribution >= 0.6 is 0 Å². The lowest BCUT2D eigenvalue weighted by Crippen LogP contribution is -2.53. The minimum Gasteiger partial charge on any atom is -0.512 e. The summed E-state index contributed by atoms with van der Waals surface area (Å²) in [6.45, 7) is 4.55. The van der Waals surface area contributed by atoms with E-state index in [2.05, 4.69) is 13.8 Å². The Bertz CT molecular complexity index is 539. The largest absolute Gasteiger partial charge is 0.512 e. The molecule has 0 heterocycles. The van der Waals surface area contributed by atoms with Gasteiger partial charge in [0.25, 0.3) is 0 Å². The Kier molecular flexibility index (Phi) is 3.08. The summed E-state index contributed by atoms with van der Waals surface area (Å²) in [5.41, 5.74) is 0.0687. The maximum absolute atomic E-state index is 11.8. The van der Waals surface area contributed by atoms with E-state index in [0.29, 0.717) is 35.9 Å². The molecule has 0 aromatic rings. The molecular weight excluding hydrogens is 276 g/mol. The van der Waals surface area contributed by atoms with Crippen LogP contribution in [0.2, 0.25) is 0 Å². The number of carbonyl (C=O) groups is 1. The molecule has 0 aromatic carbocycles. The average Bonchev–Trinajstić information content (AvgIpc) is 2.75. The molecule has 1 unspecified atom stereocenters. The number of aliphatic hydroxyl groups excluding tert-OH is 2. The number of allylic oxidation sites excluding steroid dienone is 2. The van der Waals surface area contributed by atoms with Gasteiger partial charge in [0, 0.05) is 17.9 Å². The summed E-state index contributed by atoms with van der Waals surface area (Å²) in [5, 5.41) is 20.8. The van der Waals surface area contributed by atoms with Crippen LogP contribution in [0.25, 0.3) is 0 Å². The highest BCUT2D eigenvalue weighted by molar-refractivity contribution is 5.91. The van der Waals surface area contributed by atoms with Crippen molar-refractivity contribution in [3.05, 3.63) is 11.8 Å². The summed E-state index contributed by atoms with van der Waals surface area (Å²) in [7, 11) is 0. The van der Waals surface area contributed by atoms with Crippen LogP contribution in [0.3, 0.4) is 0 Å². The van der Waals surface area contributed by atoms with Gasteiger partial charge in [-0.05, 0) is 67.6 Å². The fraction of sp³-hybridized carbons (Fsp3) is 0.842. The Hall–Kier alpha value is -0.830. The fourth-order valence-corrected chi connectivity index (χ4v) is 6.78. The van der Waals surface area contributed by atoms with Crippen LogP contribution in [0.1, 0.15) is 58.8 Å². The molecule has 0 amide bonds. The Morgan fingerprint density at radius 3 is 2.73 bits per heavy atom. The summed E-state index contributed by atoms with van der Waals surface area (Å²) in [5.74, 6) is 2.40. The van der Waals surface area contributed by atoms with Crippen LogP contribution in [0.5, 0.6) is 0 Å². The lowest BCUT2D eigenvalue weighted by molar-refractivity contribution is -0.126. The first-order valence-corrected chi connectivity index (χ1v) is 8.96. The quantitative estimate of drug-likeness (QED) is 0.718. The van der Waals surface area contributed by atoms with Crippen molar-refractivity contribution in [2.45, 2.75) is 64.9 Å². The first-order chi connectivity index (χ1) is 10.3. The second-order valence-corrected chi connectivity index (χ2v) is 8.92. The van der Waals surface area contributed by atoms with E-state index in [9.17, 15) is 15.0 Å². The predicted octanol–water partition coefficient (Wildman–Crippen LogP) is 3.62. The summed E-state index contributed by atoms with van der Waals surface area (Å²) in [4.78, 5) is 11.8. The first kappa shape index (κ1) is 14.7. The van der Waals surface area contributed by atoms with Gasteiger partial charge in [0.15, 0.2) is 5.78 Å². The molecule has 2 N–H and O–H groups in total. The van der Waals surface area contributed by atoms with E-state index in [0.717, 1.165) is 32.1 Å². The van der Waals surface area contributed by atoms with E-state index in [1.54, 1.807) is 0 Å². The molecule has 3 saturated carbocycles. The van der Waals surface area contributed by atoms with Crippen LogP contribution in [0, 0.1) is 34.5 Å². The van der Waals surface area contributed by atoms with Crippen LogP contribution in [-0.2, 0) is 4.79 Å². The van der Waals surface area contributed by atoms with Crippen molar-refractivity contribution in [2.24, 2.45) is 34.5 Å². The maximum atomic E-state index is 11.8. The molecule has 4 aliphatic carbocycles. The van der Waals surface area contributed by atoms with Gasteiger partial charge >= 0.3 is 0 Å². The molecule has 122 valence electrons. The number of carbonyl (C=O) groups excluding carboxylic acids is 1. The van der Waals surface area contributed by atoms with Gasteiger partial charge in [0.1, 0.15) is 5.76 Å². The molecule has 0 aromatic heterocycles. The molecule has 3 fully saturated rings. The molecule has 0 aliphatic heterocycles. The van der Waals surface area contributed by atoms with E-state index in [1.807, 2.05) is 0 Å². The van der Waals surface area contributed by atoms with Crippen molar-refractivity contribution < 1.29 is 15.0 Å². The Labute approximate surface area is 132 Å². The predicted molar refractivity (Wildman–Crippen MR) is 84.2 cm³/mol. The minimum absolute atomic E-state index is 0.0929. The average molecular weight is 304 g/mol. The molecule has 4 aliphatic rings. The second-order valence-electron chi connectivity index (χ2n) is 8.92. The van der Waals surface area contributed by atoms with Crippen molar-refractivity contribution in [3.8, 4) is 0 Å². The normalized spacial score (nSPS) is 54.2. The standard InChI is InChI=1S/C19H28O3/c1-18-6-5-15-14(16(18)8-13(21)10-18)4-3-11-7-12(20)9-17(22)19(11,15)2/h9,11,13-16,21-22H,3-8,10H2,1-2H3/t11?,13-,14+,15-,16-,18+,19-/m0/s1. The van der Waals surface area contributed by atoms with E-state index in [-0.39, 0.29) is 22.7 Å². The molecule has 3 nitrogen and oxygen atoms in total. The van der Waals surface area contributed by atoms with Crippen LogP contribution in [0.4, 0.5) is 0 Å². The third-order valence-electron chi connectivity index (χ3n) is 7.95. The van der Waals surface area contributed by atoms with Gasteiger partial charge in [0.05, 0.1) is 6.10 Å². The highest BCUT2D eigenvalue weighted by atomic mass is 16.3. The van der Waals surface area contributed by atoms with Crippen molar-refractivity contribution in [1.82, 2.24) is 0 Å². The first-order valence-electron chi connectivity index (χ1n) is 8.96. The van der Waals surface area contributed by atoms with Gasteiger partial charge in [-0.2, -0.15) is 0 Å². The van der Waals surface area contributed by atoms with E-state index in [4.69, 9.17) is 0 Å². The zero-order valence-corrected chi connectivity index (χ0v) is 13.7. The summed E-state index contributed by atoms with van der Waals surface area (Å²) in [6, 6.07) is 0. The zero-order valence-electron chi connectivity index (χ0n) is 13.7. The molecule has 7 atom stereocenters. The lowest BCUT2D eigenvalue weighted by Gasteiger charge is -2.58. The molecule has 0 saturated heterocycles. The van der Waals surface area contributed by atoms with Crippen LogP contribution in [0.15, 0.2) is 11.8 Å². The molecule has 3 heteroatoms. The number of hydrogen-bond acceptors (Lipinski definition) is 3. The fourth-order valence-electron chi connectivity index (χ4n) is 6.78. The SMILES string of the molecule is C[C@]12CC[C@H]3[C@@H](CCC4CC(=O)C=C(O)[C@@]43C)[C@@H]1C[C@H](O)C2. The molecule has 0 radical (unpaired) electrons. The number of hydrogen-bond donors (Lipinski definition) is 2. The van der Waals surface area contributed by atoms with Gasteiger partial charge < -0.3 is 10.2 Å². The number of aliphatic hydroxyl groups is 2. The maximum Gasteiger partial charge on any atom is 0.159 e. The summed E-state index contributed by atoms with van der Waals surface area (Å²) in [6.07, 6.45) is 8.33. The second kappa shape index (κ2) is 4.59. The van der Waals surface area contributed by atoms with Gasteiger partial charge in [-0.15, -0.1) is 0 Å². The van der Waals surface area contributed by atoms with Crippen molar-refractivity contribution in [2.75, 3.05) is 0 Å². The topological polar surface area (TPSA) is 57.5 Å². The third-order valence-corrected chi connectivity index (χ3v) is 7.95. The van der Waals surface area contributed by atoms with Crippen molar-refractivity contribution in [1.29, 1.82) is 0 Å². The third kappa shape index (κ3) is 1.81. The highest BCUT2D eigenvalue weighted by Gasteiger charge is 2.60.